The van der Waals surface area contributed by atoms with Gasteiger partial charge in [-0.15, -0.1) is 0 Å². The van der Waals surface area contributed by atoms with Gasteiger partial charge in [-0.3, -0.25) is 4.57 Å². The van der Waals surface area contributed by atoms with Crippen molar-refractivity contribution in [3.05, 3.63) is 0 Å². The molecule has 3 nitrogen and oxygen atoms in total. The molecule has 0 aliphatic carbocycles. The molecule has 0 saturated carbocycles. The minimum atomic E-state index is -2.69. The summed E-state index contributed by atoms with van der Waals surface area (Å²) in [6.07, 6.45) is -0.0590. The van der Waals surface area contributed by atoms with Crippen LogP contribution in [0.15, 0.2) is 0 Å². The minimum absolute atomic E-state index is 0.0340. The second-order valence-corrected chi connectivity index (χ2v) is 9.34. The predicted octanol–water partition coefficient (Wildman–Crippen LogP) is 2.53. The Morgan fingerprint density at radius 3 is 2.38 bits per heavy atom. The van der Waals surface area contributed by atoms with E-state index in [4.69, 9.17) is 9.26 Å². The zero-order valence-electron chi connectivity index (χ0n) is 7.50. The molecule has 1 heterocycles. The largest absolute Gasteiger partial charge is 0.378 e. The van der Waals surface area contributed by atoms with Crippen LogP contribution in [0.4, 0.5) is 0 Å². The maximum absolute atomic E-state index is 11.3. The Morgan fingerprint density at radius 2 is 1.92 bits per heavy atom. The van der Waals surface area contributed by atoms with Crippen molar-refractivity contribution < 1.29 is 13.8 Å². The third kappa shape index (κ3) is 4.49. The topological polar surface area (TPSA) is 35.5 Å². The minimum Gasteiger partial charge on any atom is -0.378 e. The van der Waals surface area contributed by atoms with E-state index in [1.807, 2.05) is 0 Å². The molecule has 0 radical (unpaired) electrons. The summed E-state index contributed by atoms with van der Waals surface area (Å²) in [4.78, 5) is 0. The fraction of sp³-hybridized carbons (Fsp3) is 1.00. The van der Waals surface area contributed by atoms with Crippen LogP contribution in [0, 0.1) is 0 Å². The lowest BCUT2D eigenvalue weighted by atomic mass is 10.2. The summed E-state index contributed by atoms with van der Waals surface area (Å²) in [5, 5.41) is 0. The van der Waals surface area contributed by atoms with Crippen LogP contribution in [0.5, 0.6) is 0 Å². The van der Waals surface area contributed by atoms with Gasteiger partial charge in [-0.1, -0.05) is 33.8 Å². The van der Waals surface area contributed by atoms with Crippen molar-refractivity contribution in [2.24, 2.45) is 0 Å². The molecule has 1 unspecified atom stereocenters. The highest BCUT2D eigenvalue weighted by molar-refractivity contribution is 8.76. The highest BCUT2D eigenvalue weighted by Gasteiger charge is 2.30. The Hall–Kier alpha value is 1.20. The summed E-state index contributed by atoms with van der Waals surface area (Å²) in [7, 11) is 5.12. The number of methoxy groups -OCH3 is 1. The quantitative estimate of drug-likeness (QED) is 0.479. The van der Waals surface area contributed by atoms with E-state index in [9.17, 15) is 4.57 Å². The Kier molecular flexibility index (Phi) is 5.03. The lowest BCUT2D eigenvalue weighted by Crippen LogP contribution is -2.36. The van der Waals surface area contributed by atoms with E-state index < -0.39 is 6.57 Å². The monoisotopic (exact) mass is 260 g/mol. The smallest absolute Gasteiger partial charge is 0.252 e. The molecule has 1 aliphatic heterocycles. The first-order chi connectivity index (χ1) is 6.03. The molecular formula is C6H13O3PS3. The second-order valence-electron chi connectivity index (χ2n) is 2.79. The highest BCUT2D eigenvalue weighted by Crippen LogP contribution is 2.50. The van der Waals surface area contributed by atoms with Gasteiger partial charge in [0.25, 0.3) is 6.57 Å². The van der Waals surface area contributed by atoms with E-state index in [0.29, 0.717) is 0 Å². The van der Waals surface area contributed by atoms with E-state index in [-0.39, 0.29) is 12.2 Å². The van der Waals surface area contributed by atoms with Gasteiger partial charge >= 0.3 is 0 Å². The fourth-order valence-electron chi connectivity index (χ4n) is 1.01. The van der Waals surface area contributed by atoms with Gasteiger partial charge in [0.05, 0.1) is 6.10 Å². The van der Waals surface area contributed by atoms with Gasteiger partial charge in [0.1, 0.15) is 6.10 Å². The molecule has 78 valence electrons. The number of hydrogen-bond acceptors (Lipinski definition) is 5. The first-order valence-electron chi connectivity index (χ1n) is 3.79. The van der Waals surface area contributed by atoms with Gasteiger partial charge in [0, 0.05) is 25.3 Å². The van der Waals surface area contributed by atoms with Crippen LogP contribution in [-0.2, 0) is 13.8 Å². The fourth-order valence-corrected chi connectivity index (χ4v) is 4.67. The molecule has 1 rings (SSSR count). The first kappa shape index (κ1) is 12.3. The van der Waals surface area contributed by atoms with Gasteiger partial charge < -0.3 is 9.26 Å². The molecule has 7 heteroatoms. The summed E-state index contributed by atoms with van der Waals surface area (Å²) < 4.78 is 21.9. The Bertz CT molecular complexity index is 207. The zero-order valence-corrected chi connectivity index (χ0v) is 10.9. The zero-order chi connectivity index (χ0) is 9.90. The van der Waals surface area contributed by atoms with Crippen LogP contribution in [0.3, 0.4) is 0 Å². The van der Waals surface area contributed by atoms with E-state index in [2.05, 4.69) is 12.2 Å². The number of rotatable bonds is 3. The first-order valence-corrected chi connectivity index (χ1v) is 9.50. The van der Waals surface area contributed by atoms with Crippen LogP contribution < -0.4 is 0 Å². The maximum Gasteiger partial charge on any atom is 0.252 e. The number of hydrogen-bond donors (Lipinski definition) is 1. The van der Waals surface area contributed by atoms with Gasteiger partial charge in [-0.25, -0.2) is 0 Å². The van der Waals surface area contributed by atoms with E-state index in [1.165, 1.54) is 6.66 Å². The molecule has 3 atom stereocenters. The van der Waals surface area contributed by atoms with Crippen molar-refractivity contribution in [2.45, 2.75) is 12.2 Å². The van der Waals surface area contributed by atoms with Gasteiger partial charge in [-0.05, 0) is 0 Å². The molecule has 0 aromatic carbocycles. The third-order valence-electron chi connectivity index (χ3n) is 1.60. The number of ether oxygens (including phenoxy) is 1. The van der Waals surface area contributed by atoms with Crippen LogP contribution in [0.1, 0.15) is 0 Å². The average molecular weight is 260 g/mol. The molecule has 0 aromatic heterocycles. The molecule has 1 saturated heterocycles. The van der Waals surface area contributed by atoms with Crippen LogP contribution >= 0.6 is 40.4 Å². The predicted molar refractivity (Wildman–Crippen MR) is 63.1 cm³/mol. The SMILES string of the molecule is CO[C@H]1CSSC[C@@H]1OP(C)(=O)S. The summed E-state index contributed by atoms with van der Waals surface area (Å²) in [5.74, 6) is 1.68. The van der Waals surface area contributed by atoms with E-state index in [0.717, 1.165) is 11.5 Å². The maximum atomic E-state index is 11.3. The molecule has 0 aromatic rings. The number of thiol groups is 1. The summed E-state index contributed by atoms with van der Waals surface area (Å²) in [5.41, 5.74) is 0. The lowest BCUT2D eigenvalue weighted by molar-refractivity contribution is 0.0317. The normalized spacial score (nSPS) is 34.1. The molecule has 1 fully saturated rings. The summed E-state index contributed by atoms with van der Waals surface area (Å²) in [6.45, 7) is -1.18. The molecule has 0 spiro atoms. The lowest BCUT2D eigenvalue weighted by Gasteiger charge is -2.30. The van der Waals surface area contributed by atoms with E-state index in [1.54, 1.807) is 28.7 Å². The van der Waals surface area contributed by atoms with Crippen molar-refractivity contribution in [2.75, 3.05) is 25.3 Å². The van der Waals surface area contributed by atoms with Gasteiger partial charge in [0.2, 0.25) is 0 Å². The molecular weight excluding hydrogens is 247 g/mol. The van der Waals surface area contributed by atoms with Crippen LogP contribution in [0.2, 0.25) is 0 Å². The molecule has 0 amide bonds. The van der Waals surface area contributed by atoms with E-state index >= 15 is 0 Å². The van der Waals surface area contributed by atoms with Crippen molar-refractivity contribution in [1.82, 2.24) is 0 Å². The standard InChI is InChI=1S/C6H13O3PS3/c1-8-5-3-12-13-4-6(5)9-10(2,7)11/h5-6H,3-4H2,1-2H3,(H,7,11)/t5-,6-,10?/m0/s1. The molecule has 0 N–H and O–H groups in total. The summed E-state index contributed by atoms with van der Waals surface area (Å²) >= 11 is 3.91. The Labute approximate surface area is 91.7 Å². The average Bonchev–Trinajstić information content (AvgIpc) is 2.02. The Morgan fingerprint density at radius 1 is 1.38 bits per heavy atom. The van der Waals surface area contributed by atoms with Gasteiger partial charge in [0.15, 0.2) is 0 Å². The molecule has 1 aliphatic rings. The van der Waals surface area contributed by atoms with Crippen LogP contribution in [0.25, 0.3) is 0 Å². The highest BCUT2D eigenvalue weighted by atomic mass is 33.1. The van der Waals surface area contributed by atoms with Crippen molar-refractivity contribution in [3.63, 3.8) is 0 Å². The van der Waals surface area contributed by atoms with Crippen molar-refractivity contribution in [3.8, 4) is 0 Å². The molecule has 13 heavy (non-hydrogen) atoms. The second kappa shape index (κ2) is 5.33. The third-order valence-corrected chi connectivity index (χ3v) is 4.95. The van der Waals surface area contributed by atoms with Gasteiger partial charge in [-0.2, -0.15) is 0 Å². The van der Waals surface area contributed by atoms with Crippen molar-refractivity contribution in [1.29, 1.82) is 0 Å². The van der Waals surface area contributed by atoms with Crippen molar-refractivity contribution >= 4 is 40.4 Å². The molecule has 0 bridgehead atoms. The Balaban J connectivity index is 2.50. The summed E-state index contributed by atoms with van der Waals surface area (Å²) in [6, 6.07) is 0. The van der Waals surface area contributed by atoms with Crippen LogP contribution in [-0.4, -0.2) is 37.5 Å².